The predicted octanol–water partition coefficient (Wildman–Crippen LogP) is 2.80. The van der Waals surface area contributed by atoms with E-state index in [2.05, 4.69) is 30.8 Å². The number of aryl methyl sites for hydroxylation is 1. The van der Waals surface area contributed by atoms with Crippen molar-refractivity contribution in [2.75, 3.05) is 50.2 Å². The quantitative estimate of drug-likeness (QED) is 0.629. The predicted molar refractivity (Wildman–Crippen MR) is 104 cm³/mol. The van der Waals surface area contributed by atoms with E-state index in [1.165, 1.54) is 0 Å². The number of hydrogen-bond acceptors (Lipinski definition) is 6. The number of carbonyl (C=O) groups is 1. The van der Waals surface area contributed by atoms with Gasteiger partial charge >= 0.3 is 6.03 Å². The molecule has 1 aromatic heterocycles. The van der Waals surface area contributed by atoms with Crippen LogP contribution in [0.15, 0.2) is 30.3 Å². The smallest absolute Gasteiger partial charge is 0.326 e. The second kappa shape index (κ2) is 9.57. The first-order valence-corrected chi connectivity index (χ1v) is 8.42. The van der Waals surface area contributed by atoms with Crippen molar-refractivity contribution >= 4 is 23.5 Å². The number of ether oxygens (including phenoxy) is 1. The van der Waals surface area contributed by atoms with Gasteiger partial charge in [-0.1, -0.05) is 6.07 Å². The van der Waals surface area contributed by atoms with Crippen molar-refractivity contribution in [3.63, 3.8) is 0 Å². The highest BCUT2D eigenvalue weighted by atomic mass is 16.5. The number of amides is 2. The van der Waals surface area contributed by atoms with E-state index in [-0.39, 0.29) is 5.95 Å². The monoisotopic (exact) mass is 358 g/mol. The van der Waals surface area contributed by atoms with Crippen LogP contribution in [0.25, 0.3) is 0 Å². The lowest BCUT2D eigenvalue weighted by atomic mass is 10.3. The molecule has 26 heavy (non-hydrogen) atoms. The molecule has 2 aromatic rings. The van der Waals surface area contributed by atoms with Gasteiger partial charge in [0, 0.05) is 30.1 Å². The Morgan fingerprint density at radius 2 is 2.00 bits per heavy atom. The second-order valence-electron chi connectivity index (χ2n) is 6.11. The summed E-state index contributed by atoms with van der Waals surface area (Å²) in [4.78, 5) is 22.9. The largest absolute Gasteiger partial charge is 0.497 e. The van der Waals surface area contributed by atoms with E-state index < -0.39 is 6.03 Å². The van der Waals surface area contributed by atoms with E-state index >= 15 is 0 Å². The summed E-state index contributed by atoms with van der Waals surface area (Å²) in [6, 6.07) is 8.54. The number of rotatable bonds is 8. The van der Waals surface area contributed by atoms with Gasteiger partial charge in [-0.15, -0.1) is 0 Å². The first kappa shape index (κ1) is 19.5. The van der Waals surface area contributed by atoms with E-state index in [1.54, 1.807) is 31.4 Å². The molecule has 8 heteroatoms. The topological polar surface area (TPSA) is 91.4 Å². The van der Waals surface area contributed by atoms with E-state index in [1.807, 2.05) is 27.1 Å². The number of aromatic nitrogens is 2. The maximum absolute atomic E-state index is 12.2. The molecule has 3 N–H and O–H groups in total. The standard InChI is InChI=1S/C18H26N6O2/c1-13-11-16(19-9-6-10-24(2)3)22-17(20-13)23-18(25)21-14-7-5-8-15(12-14)26-4/h5,7-8,11-12H,6,9-10H2,1-4H3,(H3,19,20,21,22,23,25). The van der Waals surface area contributed by atoms with Gasteiger partial charge in [-0.25, -0.2) is 9.78 Å². The Balaban J connectivity index is 1.94. The fourth-order valence-electron chi connectivity index (χ4n) is 2.29. The third kappa shape index (κ3) is 6.56. The average molecular weight is 358 g/mol. The molecular formula is C18H26N6O2. The Labute approximate surface area is 154 Å². The first-order chi connectivity index (χ1) is 12.5. The van der Waals surface area contributed by atoms with Gasteiger partial charge in [0.1, 0.15) is 11.6 Å². The molecule has 0 atom stereocenters. The summed E-state index contributed by atoms with van der Waals surface area (Å²) in [7, 11) is 5.66. The fourth-order valence-corrected chi connectivity index (χ4v) is 2.29. The minimum Gasteiger partial charge on any atom is -0.497 e. The molecule has 1 aromatic carbocycles. The van der Waals surface area contributed by atoms with Crippen LogP contribution in [0.2, 0.25) is 0 Å². The Kier molecular flexibility index (Phi) is 7.16. The highest BCUT2D eigenvalue weighted by Gasteiger charge is 2.08. The van der Waals surface area contributed by atoms with E-state index in [4.69, 9.17) is 4.74 Å². The van der Waals surface area contributed by atoms with Crippen LogP contribution in [0, 0.1) is 6.92 Å². The van der Waals surface area contributed by atoms with Crippen molar-refractivity contribution in [1.29, 1.82) is 0 Å². The summed E-state index contributed by atoms with van der Waals surface area (Å²) in [5.41, 5.74) is 1.39. The summed E-state index contributed by atoms with van der Waals surface area (Å²) < 4.78 is 5.14. The number of hydrogen-bond donors (Lipinski definition) is 3. The number of nitrogens with zero attached hydrogens (tertiary/aromatic N) is 3. The zero-order chi connectivity index (χ0) is 18.9. The van der Waals surface area contributed by atoms with Gasteiger partial charge in [-0.3, -0.25) is 5.32 Å². The van der Waals surface area contributed by atoms with Crippen LogP contribution in [0.1, 0.15) is 12.1 Å². The molecule has 1 heterocycles. The molecule has 0 aliphatic heterocycles. The summed E-state index contributed by atoms with van der Waals surface area (Å²) in [6.07, 6.45) is 0.995. The van der Waals surface area contributed by atoms with E-state index in [0.29, 0.717) is 17.3 Å². The number of benzene rings is 1. The van der Waals surface area contributed by atoms with Crippen molar-refractivity contribution in [1.82, 2.24) is 14.9 Å². The van der Waals surface area contributed by atoms with Gasteiger partial charge in [-0.05, 0) is 46.1 Å². The molecular weight excluding hydrogens is 332 g/mol. The Bertz CT molecular complexity index is 735. The van der Waals surface area contributed by atoms with Crippen LogP contribution in [-0.4, -0.2) is 55.2 Å². The van der Waals surface area contributed by atoms with Crippen molar-refractivity contribution < 1.29 is 9.53 Å². The molecule has 0 radical (unpaired) electrons. The van der Waals surface area contributed by atoms with Crippen LogP contribution in [0.3, 0.4) is 0 Å². The van der Waals surface area contributed by atoms with Gasteiger partial charge in [0.25, 0.3) is 0 Å². The number of nitrogens with one attached hydrogen (secondary N) is 3. The number of methoxy groups -OCH3 is 1. The summed E-state index contributed by atoms with van der Waals surface area (Å²) >= 11 is 0. The van der Waals surface area contributed by atoms with Crippen LogP contribution >= 0.6 is 0 Å². The Morgan fingerprint density at radius 1 is 1.19 bits per heavy atom. The molecule has 0 aliphatic carbocycles. The van der Waals surface area contributed by atoms with Crippen LogP contribution in [0.5, 0.6) is 5.75 Å². The summed E-state index contributed by atoms with van der Waals surface area (Å²) in [5.74, 6) is 1.60. The molecule has 0 saturated heterocycles. The minimum atomic E-state index is -0.414. The lowest BCUT2D eigenvalue weighted by Gasteiger charge is -2.12. The molecule has 0 bridgehead atoms. The lowest BCUT2D eigenvalue weighted by Crippen LogP contribution is -2.21. The highest BCUT2D eigenvalue weighted by molar-refractivity contribution is 5.98. The molecule has 0 unspecified atom stereocenters. The van der Waals surface area contributed by atoms with Gasteiger partial charge in [0.2, 0.25) is 5.95 Å². The fraction of sp³-hybridized carbons (Fsp3) is 0.389. The van der Waals surface area contributed by atoms with Gasteiger partial charge < -0.3 is 20.3 Å². The molecule has 2 amide bonds. The van der Waals surface area contributed by atoms with Crippen molar-refractivity contribution in [3.8, 4) is 5.75 Å². The second-order valence-corrected chi connectivity index (χ2v) is 6.11. The van der Waals surface area contributed by atoms with Crippen LogP contribution in [-0.2, 0) is 0 Å². The van der Waals surface area contributed by atoms with Crippen LogP contribution < -0.4 is 20.7 Å². The van der Waals surface area contributed by atoms with Crippen molar-refractivity contribution in [2.24, 2.45) is 0 Å². The third-order valence-electron chi connectivity index (χ3n) is 3.50. The Hall–Kier alpha value is -2.87. The average Bonchev–Trinajstić information content (AvgIpc) is 2.58. The SMILES string of the molecule is COc1cccc(NC(=O)Nc2nc(C)cc(NCCCN(C)C)n2)c1. The summed E-state index contributed by atoms with van der Waals surface area (Å²) in [6.45, 7) is 3.65. The Morgan fingerprint density at radius 3 is 2.73 bits per heavy atom. The number of anilines is 3. The molecule has 0 saturated carbocycles. The van der Waals surface area contributed by atoms with E-state index in [0.717, 1.165) is 25.2 Å². The normalized spacial score (nSPS) is 10.5. The first-order valence-electron chi connectivity index (χ1n) is 8.42. The molecule has 0 aliphatic rings. The number of carbonyl (C=O) groups excluding carboxylic acids is 1. The highest BCUT2D eigenvalue weighted by Crippen LogP contribution is 2.17. The zero-order valence-corrected chi connectivity index (χ0v) is 15.7. The lowest BCUT2D eigenvalue weighted by molar-refractivity contribution is 0.262. The molecule has 140 valence electrons. The molecule has 0 spiro atoms. The van der Waals surface area contributed by atoms with Crippen molar-refractivity contribution in [2.45, 2.75) is 13.3 Å². The van der Waals surface area contributed by atoms with E-state index in [9.17, 15) is 4.79 Å². The number of urea groups is 1. The molecule has 2 rings (SSSR count). The molecule has 0 fully saturated rings. The maximum Gasteiger partial charge on any atom is 0.326 e. The third-order valence-corrected chi connectivity index (χ3v) is 3.50. The van der Waals surface area contributed by atoms with Gasteiger partial charge in [0.05, 0.1) is 7.11 Å². The molecule has 8 nitrogen and oxygen atoms in total. The van der Waals surface area contributed by atoms with Gasteiger partial charge in [-0.2, -0.15) is 4.98 Å². The van der Waals surface area contributed by atoms with Crippen LogP contribution in [0.4, 0.5) is 22.2 Å². The summed E-state index contributed by atoms with van der Waals surface area (Å²) in [5, 5.41) is 8.64. The van der Waals surface area contributed by atoms with Crippen molar-refractivity contribution in [3.05, 3.63) is 36.0 Å². The maximum atomic E-state index is 12.2. The van der Waals surface area contributed by atoms with Gasteiger partial charge in [0.15, 0.2) is 0 Å². The zero-order valence-electron chi connectivity index (χ0n) is 15.7. The minimum absolute atomic E-state index is 0.250.